The van der Waals surface area contributed by atoms with E-state index in [0.29, 0.717) is 32.4 Å². The number of piperidine rings is 1. The average molecular weight is 263 g/mol. The number of amides is 1. The van der Waals surface area contributed by atoms with Crippen LogP contribution in [0, 0.1) is 6.92 Å². The number of benzene rings is 1. The molecule has 19 heavy (non-hydrogen) atoms. The standard InChI is InChI=1S/C15H21NO3/c1-11-9-12(3-4-14(11)19-2)10-15(18)16-7-5-13(17)6-8-16/h3-4,9,13,17H,5-8,10H2,1-2H3. The number of carbonyl (C=O) groups excluding carboxylic acids is 1. The Bertz CT molecular complexity index is 451. The highest BCUT2D eigenvalue weighted by atomic mass is 16.5. The fourth-order valence-corrected chi connectivity index (χ4v) is 2.45. The molecule has 104 valence electrons. The molecule has 0 bridgehead atoms. The minimum atomic E-state index is -0.243. The third-order valence-electron chi connectivity index (χ3n) is 3.63. The second-order valence-corrected chi connectivity index (χ2v) is 5.09. The number of hydrogen-bond donors (Lipinski definition) is 1. The van der Waals surface area contributed by atoms with Gasteiger partial charge in [0.2, 0.25) is 5.91 Å². The van der Waals surface area contributed by atoms with Crippen LogP contribution < -0.4 is 4.74 Å². The zero-order valence-electron chi connectivity index (χ0n) is 11.6. The van der Waals surface area contributed by atoms with Crippen molar-refractivity contribution in [2.45, 2.75) is 32.3 Å². The van der Waals surface area contributed by atoms with E-state index in [1.54, 1.807) is 7.11 Å². The van der Waals surface area contributed by atoms with Crippen LogP contribution in [0.5, 0.6) is 5.75 Å². The quantitative estimate of drug-likeness (QED) is 0.899. The summed E-state index contributed by atoms with van der Waals surface area (Å²) in [6.45, 7) is 3.30. The highest BCUT2D eigenvalue weighted by Crippen LogP contribution is 2.19. The first kappa shape index (κ1) is 13.9. The summed E-state index contributed by atoms with van der Waals surface area (Å²) in [5.41, 5.74) is 2.05. The van der Waals surface area contributed by atoms with Crippen molar-refractivity contribution in [3.05, 3.63) is 29.3 Å². The molecule has 1 amide bonds. The number of methoxy groups -OCH3 is 1. The van der Waals surface area contributed by atoms with E-state index in [-0.39, 0.29) is 12.0 Å². The molecule has 0 saturated carbocycles. The fraction of sp³-hybridized carbons (Fsp3) is 0.533. The van der Waals surface area contributed by atoms with Crippen molar-refractivity contribution in [3.8, 4) is 5.75 Å². The molecule has 0 radical (unpaired) electrons. The normalized spacial score (nSPS) is 16.5. The number of carbonyl (C=O) groups is 1. The maximum atomic E-state index is 12.2. The Kier molecular flexibility index (Phi) is 4.43. The van der Waals surface area contributed by atoms with Gasteiger partial charge >= 0.3 is 0 Å². The average Bonchev–Trinajstić information content (AvgIpc) is 2.39. The SMILES string of the molecule is COc1ccc(CC(=O)N2CCC(O)CC2)cc1C. The maximum absolute atomic E-state index is 12.2. The maximum Gasteiger partial charge on any atom is 0.226 e. The Balaban J connectivity index is 1.97. The second-order valence-electron chi connectivity index (χ2n) is 5.09. The van der Waals surface area contributed by atoms with Crippen LogP contribution in [0.15, 0.2) is 18.2 Å². The summed E-state index contributed by atoms with van der Waals surface area (Å²) >= 11 is 0. The van der Waals surface area contributed by atoms with Gasteiger partial charge in [0.05, 0.1) is 19.6 Å². The summed E-state index contributed by atoms with van der Waals surface area (Å²) in [5.74, 6) is 0.980. The number of aryl methyl sites for hydroxylation is 1. The van der Waals surface area contributed by atoms with Gasteiger partial charge in [-0.15, -0.1) is 0 Å². The van der Waals surface area contributed by atoms with Crippen molar-refractivity contribution >= 4 is 5.91 Å². The third-order valence-corrected chi connectivity index (χ3v) is 3.63. The predicted octanol–water partition coefficient (Wildman–Crippen LogP) is 1.53. The van der Waals surface area contributed by atoms with Crippen molar-refractivity contribution in [3.63, 3.8) is 0 Å². The number of aliphatic hydroxyl groups excluding tert-OH is 1. The lowest BCUT2D eigenvalue weighted by atomic mass is 10.0. The highest BCUT2D eigenvalue weighted by Gasteiger charge is 2.21. The van der Waals surface area contributed by atoms with Crippen LogP contribution in [0.25, 0.3) is 0 Å². The number of hydrogen-bond acceptors (Lipinski definition) is 3. The lowest BCUT2D eigenvalue weighted by Gasteiger charge is -2.29. The van der Waals surface area contributed by atoms with Crippen molar-refractivity contribution in [2.24, 2.45) is 0 Å². The largest absolute Gasteiger partial charge is 0.496 e. The summed E-state index contributed by atoms with van der Waals surface area (Å²) in [4.78, 5) is 14.0. The molecule has 0 spiro atoms. The molecule has 1 fully saturated rings. The third kappa shape index (κ3) is 3.47. The van der Waals surface area contributed by atoms with E-state index in [1.165, 1.54) is 0 Å². The van der Waals surface area contributed by atoms with Crippen LogP contribution in [-0.4, -0.2) is 42.2 Å². The number of aliphatic hydroxyl groups is 1. The van der Waals surface area contributed by atoms with E-state index >= 15 is 0 Å². The Morgan fingerprint density at radius 2 is 2.11 bits per heavy atom. The van der Waals surface area contributed by atoms with Gasteiger partial charge in [-0.05, 0) is 37.0 Å². The van der Waals surface area contributed by atoms with Crippen LogP contribution in [0.4, 0.5) is 0 Å². The lowest BCUT2D eigenvalue weighted by molar-refractivity contribution is -0.132. The van der Waals surface area contributed by atoms with Crippen molar-refractivity contribution in [1.82, 2.24) is 4.90 Å². The first-order valence-electron chi connectivity index (χ1n) is 6.69. The molecule has 0 aliphatic carbocycles. The Hall–Kier alpha value is -1.55. The fourth-order valence-electron chi connectivity index (χ4n) is 2.45. The van der Waals surface area contributed by atoms with E-state index in [4.69, 9.17) is 4.74 Å². The van der Waals surface area contributed by atoms with Crippen LogP contribution in [-0.2, 0) is 11.2 Å². The van der Waals surface area contributed by atoms with Crippen molar-refractivity contribution < 1.29 is 14.6 Å². The molecule has 0 unspecified atom stereocenters. The number of nitrogens with zero attached hydrogens (tertiary/aromatic N) is 1. The predicted molar refractivity (Wildman–Crippen MR) is 73.3 cm³/mol. The summed E-state index contributed by atoms with van der Waals surface area (Å²) < 4.78 is 5.21. The molecule has 1 aromatic rings. The Labute approximate surface area is 114 Å². The van der Waals surface area contributed by atoms with Crippen LogP contribution in [0.1, 0.15) is 24.0 Å². The highest BCUT2D eigenvalue weighted by molar-refractivity contribution is 5.79. The van der Waals surface area contributed by atoms with Gasteiger partial charge < -0.3 is 14.7 Å². The molecule has 1 aromatic carbocycles. The molecule has 2 rings (SSSR count). The first-order valence-corrected chi connectivity index (χ1v) is 6.69. The van der Waals surface area contributed by atoms with Gasteiger partial charge in [-0.25, -0.2) is 0 Å². The molecule has 0 atom stereocenters. The first-order chi connectivity index (χ1) is 9.10. The van der Waals surface area contributed by atoms with Crippen LogP contribution in [0.3, 0.4) is 0 Å². The van der Waals surface area contributed by atoms with Crippen molar-refractivity contribution in [1.29, 1.82) is 0 Å². The summed E-state index contributed by atoms with van der Waals surface area (Å²) in [7, 11) is 1.65. The van der Waals surface area contributed by atoms with Gasteiger partial charge in [-0.2, -0.15) is 0 Å². The molecule has 1 N–H and O–H groups in total. The Morgan fingerprint density at radius 1 is 1.42 bits per heavy atom. The lowest BCUT2D eigenvalue weighted by Crippen LogP contribution is -2.40. The molecule has 1 aliphatic heterocycles. The summed E-state index contributed by atoms with van der Waals surface area (Å²) in [6, 6.07) is 5.83. The van der Waals surface area contributed by atoms with E-state index < -0.39 is 0 Å². The molecular formula is C15H21NO3. The number of ether oxygens (including phenoxy) is 1. The topological polar surface area (TPSA) is 49.8 Å². The van der Waals surface area contributed by atoms with E-state index in [1.807, 2.05) is 30.0 Å². The van der Waals surface area contributed by atoms with Crippen LogP contribution in [0.2, 0.25) is 0 Å². The zero-order valence-corrected chi connectivity index (χ0v) is 11.6. The van der Waals surface area contributed by atoms with E-state index in [9.17, 15) is 9.90 Å². The van der Waals surface area contributed by atoms with Gasteiger partial charge in [0.25, 0.3) is 0 Å². The van der Waals surface area contributed by atoms with Gasteiger partial charge in [-0.1, -0.05) is 12.1 Å². The minimum Gasteiger partial charge on any atom is -0.496 e. The smallest absolute Gasteiger partial charge is 0.226 e. The van der Waals surface area contributed by atoms with Gasteiger partial charge in [0.15, 0.2) is 0 Å². The minimum absolute atomic E-state index is 0.136. The zero-order chi connectivity index (χ0) is 13.8. The molecule has 4 heteroatoms. The van der Waals surface area contributed by atoms with Gasteiger partial charge in [-0.3, -0.25) is 4.79 Å². The van der Waals surface area contributed by atoms with Crippen LogP contribution >= 0.6 is 0 Å². The van der Waals surface area contributed by atoms with E-state index in [0.717, 1.165) is 16.9 Å². The van der Waals surface area contributed by atoms with Gasteiger partial charge in [0, 0.05) is 13.1 Å². The molecule has 1 saturated heterocycles. The second kappa shape index (κ2) is 6.06. The number of likely N-dealkylation sites (tertiary alicyclic amines) is 1. The number of rotatable bonds is 3. The van der Waals surface area contributed by atoms with Crippen molar-refractivity contribution in [2.75, 3.05) is 20.2 Å². The molecule has 1 heterocycles. The molecular weight excluding hydrogens is 242 g/mol. The monoisotopic (exact) mass is 263 g/mol. The Morgan fingerprint density at radius 3 is 2.68 bits per heavy atom. The molecule has 1 aliphatic rings. The molecule has 4 nitrogen and oxygen atoms in total. The van der Waals surface area contributed by atoms with E-state index in [2.05, 4.69) is 0 Å². The summed E-state index contributed by atoms with van der Waals surface area (Å²) in [6.07, 6.45) is 1.55. The molecule has 0 aromatic heterocycles. The van der Waals surface area contributed by atoms with Gasteiger partial charge in [0.1, 0.15) is 5.75 Å². The summed E-state index contributed by atoms with van der Waals surface area (Å²) in [5, 5.41) is 9.44.